The van der Waals surface area contributed by atoms with E-state index in [0.717, 1.165) is 25.8 Å². The van der Waals surface area contributed by atoms with Gasteiger partial charge in [-0.3, -0.25) is 4.90 Å². The van der Waals surface area contributed by atoms with Crippen LogP contribution in [0.4, 0.5) is 0 Å². The lowest BCUT2D eigenvalue weighted by Gasteiger charge is -2.24. The minimum atomic E-state index is 0.693. The maximum absolute atomic E-state index is 5.54. The molecule has 0 spiro atoms. The molecule has 3 heteroatoms. The summed E-state index contributed by atoms with van der Waals surface area (Å²) in [5.74, 6) is 0.693. The Bertz CT molecular complexity index is 169. The Morgan fingerprint density at radius 1 is 1.50 bits per heavy atom. The van der Waals surface area contributed by atoms with Crippen LogP contribution in [-0.2, 0) is 4.74 Å². The van der Waals surface area contributed by atoms with Crippen molar-refractivity contribution in [3.05, 3.63) is 0 Å². The molecule has 1 unspecified atom stereocenters. The van der Waals surface area contributed by atoms with Gasteiger partial charge in [0, 0.05) is 25.7 Å². The molecular formula is C11H22N2O. The summed E-state index contributed by atoms with van der Waals surface area (Å²) >= 11 is 0. The lowest BCUT2D eigenvalue weighted by Crippen LogP contribution is -2.39. The standard InChI is InChI=1S/C11H22N2O/c1-10-7-13(5-6-14-9-10)8-11-3-2-4-12-11/h10-12H,2-9H2,1H3/t10?,11-/m0/s1. The van der Waals surface area contributed by atoms with Crippen LogP contribution in [0.2, 0.25) is 0 Å². The first-order chi connectivity index (χ1) is 6.84. The van der Waals surface area contributed by atoms with Crippen LogP contribution in [0, 0.1) is 5.92 Å². The van der Waals surface area contributed by atoms with Crippen molar-refractivity contribution < 1.29 is 4.74 Å². The maximum Gasteiger partial charge on any atom is 0.0593 e. The molecule has 3 nitrogen and oxygen atoms in total. The molecule has 0 aromatic carbocycles. The van der Waals surface area contributed by atoms with Crippen molar-refractivity contribution in [1.82, 2.24) is 10.2 Å². The number of hydrogen-bond acceptors (Lipinski definition) is 3. The Kier molecular flexibility index (Phi) is 3.79. The summed E-state index contributed by atoms with van der Waals surface area (Å²) in [6.45, 7) is 8.88. The summed E-state index contributed by atoms with van der Waals surface area (Å²) in [7, 11) is 0. The zero-order valence-electron chi connectivity index (χ0n) is 9.17. The smallest absolute Gasteiger partial charge is 0.0593 e. The first kappa shape index (κ1) is 10.4. The summed E-state index contributed by atoms with van der Waals surface area (Å²) in [6, 6.07) is 0.736. The second kappa shape index (κ2) is 5.10. The van der Waals surface area contributed by atoms with Crippen LogP contribution in [0.1, 0.15) is 19.8 Å². The van der Waals surface area contributed by atoms with E-state index in [1.54, 1.807) is 0 Å². The van der Waals surface area contributed by atoms with E-state index in [2.05, 4.69) is 17.1 Å². The van der Waals surface area contributed by atoms with Crippen molar-refractivity contribution in [3.8, 4) is 0 Å². The summed E-state index contributed by atoms with van der Waals surface area (Å²) in [5.41, 5.74) is 0. The Labute approximate surface area is 86.8 Å². The molecule has 14 heavy (non-hydrogen) atoms. The molecule has 2 rings (SSSR count). The minimum absolute atomic E-state index is 0.693. The largest absolute Gasteiger partial charge is 0.380 e. The number of rotatable bonds is 2. The predicted molar refractivity (Wildman–Crippen MR) is 57.4 cm³/mol. The van der Waals surface area contributed by atoms with Gasteiger partial charge in [0.1, 0.15) is 0 Å². The molecule has 2 saturated heterocycles. The Morgan fingerprint density at radius 3 is 3.21 bits per heavy atom. The van der Waals surface area contributed by atoms with Gasteiger partial charge in [-0.25, -0.2) is 0 Å². The molecule has 0 aliphatic carbocycles. The van der Waals surface area contributed by atoms with E-state index in [0.29, 0.717) is 5.92 Å². The van der Waals surface area contributed by atoms with Gasteiger partial charge in [-0.15, -0.1) is 0 Å². The monoisotopic (exact) mass is 198 g/mol. The van der Waals surface area contributed by atoms with Crippen LogP contribution >= 0.6 is 0 Å². The average molecular weight is 198 g/mol. The molecule has 82 valence electrons. The summed E-state index contributed by atoms with van der Waals surface area (Å²) in [5, 5.41) is 3.56. The van der Waals surface area contributed by atoms with Crippen LogP contribution in [0.15, 0.2) is 0 Å². The van der Waals surface area contributed by atoms with Crippen LogP contribution in [0.3, 0.4) is 0 Å². The quantitative estimate of drug-likeness (QED) is 0.707. The van der Waals surface area contributed by atoms with E-state index >= 15 is 0 Å². The lowest BCUT2D eigenvalue weighted by atomic mass is 10.1. The Balaban J connectivity index is 1.77. The number of nitrogens with zero attached hydrogens (tertiary/aromatic N) is 1. The summed E-state index contributed by atoms with van der Waals surface area (Å²) < 4.78 is 5.54. The van der Waals surface area contributed by atoms with Crippen molar-refractivity contribution >= 4 is 0 Å². The molecule has 0 bridgehead atoms. The molecular weight excluding hydrogens is 176 g/mol. The van der Waals surface area contributed by atoms with Crippen LogP contribution in [0.25, 0.3) is 0 Å². The second-order valence-electron chi connectivity index (χ2n) is 4.73. The van der Waals surface area contributed by atoms with Gasteiger partial charge >= 0.3 is 0 Å². The van der Waals surface area contributed by atoms with E-state index in [1.165, 1.54) is 32.5 Å². The van der Waals surface area contributed by atoms with E-state index in [1.807, 2.05) is 0 Å². The fourth-order valence-corrected chi connectivity index (χ4v) is 2.45. The van der Waals surface area contributed by atoms with E-state index in [-0.39, 0.29) is 0 Å². The first-order valence-corrected chi connectivity index (χ1v) is 5.88. The highest BCUT2D eigenvalue weighted by Gasteiger charge is 2.20. The number of ether oxygens (including phenoxy) is 1. The van der Waals surface area contributed by atoms with E-state index in [4.69, 9.17) is 4.74 Å². The maximum atomic E-state index is 5.54. The van der Waals surface area contributed by atoms with E-state index in [9.17, 15) is 0 Å². The molecule has 2 heterocycles. The topological polar surface area (TPSA) is 24.5 Å². The zero-order chi connectivity index (χ0) is 9.80. The van der Waals surface area contributed by atoms with Gasteiger partial charge < -0.3 is 10.1 Å². The molecule has 0 radical (unpaired) electrons. The molecule has 0 aromatic rings. The van der Waals surface area contributed by atoms with E-state index < -0.39 is 0 Å². The van der Waals surface area contributed by atoms with Crippen molar-refractivity contribution in [2.45, 2.75) is 25.8 Å². The number of hydrogen-bond donors (Lipinski definition) is 1. The fraction of sp³-hybridized carbons (Fsp3) is 1.00. The Morgan fingerprint density at radius 2 is 2.43 bits per heavy atom. The highest BCUT2D eigenvalue weighted by atomic mass is 16.5. The van der Waals surface area contributed by atoms with Gasteiger partial charge in [0.15, 0.2) is 0 Å². The summed E-state index contributed by atoms with van der Waals surface area (Å²) in [6.07, 6.45) is 2.70. The van der Waals surface area contributed by atoms with Crippen molar-refractivity contribution in [1.29, 1.82) is 0 Å². The third kappa shape index (κ3) is 2.94. The zero-order valence-corrected chi connectivity index (χ0v) is 9.17. The molecule has 2 aliphatic rings. The van der Waals surface area contributed by atoms with Crippen LogP contribution in [-0.4, -0.2) is 50.3 Å². The van der Waals surface area contributed by atoms with Crippen LogP contribution in [0.5, 0.6) is 0 Å². The predicted octanol–water partition coefficient (Wildman–Crippen LogP) is 0.707. The first-order valence-electron chi connectivity index (χ1n) is 5.88. The molecule has 2 atom stereocenters. The number of nitrogens with one attached hydrogen (secondary N) is 1. The molecule has 2 fully saturated rings. The second-order valence-corrected chi connectivity index (χ2v) is 4.73. The molecule has 0 amide bonds. The highest BCUT2D eigenvalue weighted by molar-refractivity contribution is 4.79. The molecule has 1 N–H and O–H groups in total. The van der Waals surface area contributed by atoms with Crippen LogP contribution < -0.4 is 5.32 Å². The van der Waals surface area contributed by atoms with Gasteiger partial charge in [-0.1, -0.05) is 6.92 Å². The SMILES string of the molecule is CC1COCCN(C[C@@H]2CCCN2)C1. The average Bonchev–Trinajstić information content (AvgIpc) is 2.56. The van der Waals surface area contributed by atoms with Gasteiger partial charge in [0.05, 0.1) is 13.2 Å². The van der Waals surface area contributed by atoms with Crippen molar-refractivity contribution in [3.63, 3.8) is 0 Å². The molecule has 0 saturated carbocycles. The third-order valence-corrected chi connectivity index (χ3v) is 3.17. The lowest BCUT2D eigenvalue weighted by molar-refractivity contribution is 0.125. The van der Waals surface area contributed by atoms with Crippen molar-refractivity contribution in [2.75, 3.05) is 39.4 Å². The third-order valence-electron chi connectivity index (χ3n) is 3.17. The normalized spacial score (nSPS) is 35.8. The van der Waals surface area contributed by atoms with Gasteiger partial charge in [-0.05, 0) is 25.3 Å². The van der Waals surface area contributed by atoms with Gasteiger partial charge in [-0.2, -0.15) is 0 Å². The fourth-order valence-electron chi connectivity index (χ4n) is 2.45. The minimum Gasteiger partial charge on any atom is -0.380 e. The molecule has 2 aliphatic heterocycles. The summed E-state index contributed by atoms with van der Waals surface area (Å²) in [4.78, 5) is 2.56. The highest BCUT2D eigenvalue weighted by Crippen LogP contribution is 2.10. The molecule has 0 aromatic heterocycles. The van der Waals surface area contributed by atoms with Gasteiger partial charge in [0.25, 0.3) is 0 Å². The van der Waals surface area contributed by atoms with Crippen molar-refractivity contribution in [2.24, 2.45) is 5.92 Å². The Hall–Kier alpha value is -0.120. The van der Waals surface area contributed by atoms with Gasteiger partial charge in [0.2, 0.25) is 0 Å².